The van der Waals surface area contributed by atoms with Gasteiger partial charge < -0.3 is 24.4 Å². The molecule has 12 heteroatoms. The van der Waals surface area contributed by atoms with Crippen molar-refractivity contribution in [1.29, 1.82) is 0 Å². The zero-order valence-electron chi connectivity index (χ0n) is 22.3. The van der Waals surface area contributed by atoms with Crippen molar-refractivity contribution in [1.82, 2.24) is 10.2 Å². The maximum Gasteiger partial charge on any atom is 0.264 e. The number of carbonyl (C=O) groups excluding carboxylic acids is 2. The van der Waals surface area contributed by atoms with Crippen LogP contribution in [-0.2, 0) is 26.2 Å². The van der Waals surface area contributed by atoms with E-state index in [1.807, 2.05) is 0 Å². The van der Waals surface area contributed by atoms with Gasteiger partial charge in [0.25, 0.3) is 10.0 Å². The van der Waals surface area contributed by atoms with Crippen LogP contribution in [0.2, 0.25) is 0 Å². The first-order chi connectivity index (χ1) is 19.1. The van der Waals surface area contributed by atoms with Crippen molar-refractivity contribution in [2.75, 3.05) is 38.2 Å². The summed E-state index contributed by atoms with van der Waals surface area (Å²) < 4.78 is 58.7. The molecule has 0 radical (unpaired) electrons. The number of nitrogens with one attached hydrogen (secondary N) is 1. The van der Waals surface area contributed by atoms with Crippen LogP contribution in [0.25, 0.3) is 0 Å². The number of nitrogens with zero attached hydrogens (tertiary/aromatic N) is 2. The summed E-state index contributed by atoms with van der Waals surface area (Å²) in [5.41, 5.74) is 0.773. The molecular weight excluding hydrogens is 541 g/mol. The van der Waals surface area contributed by atoms with E-state index in [2.05, 4.69) is 5.32 Å². The Morgan fingerprint density at radius 1 is 1.00 bits per heavy atom. The fourth-order valence-corrected chi connectivity index (χ4v) is 5.60. The fourth-order valence-electron chi connectivity index (χ4n) is 4.17. The molecular formula is C28H30FN3O7S. The van der Waals surface area contributed by atoms with Crippen LogP contribution in [0, 0.1) is 5.82 Å². The second-order valence-electron chi connectivity index (χ2n) is 8.95. The molecule has 10 nitrogen and oxygen atoms in total. The van der Waals surface area contributed by atoms with Gasteiger partial charge >= 0.3 is 0 Å². The lowest BCUT2D eigenvalue weighted by Crippen LogP contribution is -2.50. The van der Waals surface area contributed by atoms with E-state index in [0.29, 0.717) is 23.7 Å². The number of hydrogen-bond donors (Lipinski definition) is 1. The molecule has 0 aromatic heterocycles. The summed E-state index contributed by atoms with van der Waals surface area (Å²) in [6.07, 6.45) is 0. The molecule has 1 aliphatic heterocycles. The van der Waals surface area contributed by atoms with E-state index in [-0.39, 0.29) is 29.5 Å². The van der Waals surface area contributed by atoms with Crippen LogP contribution in [0.4, 0.5) is 10.1 Å². The predicted octanol–water partition coefficient (Wildman–Crippen LogP) is 2.96. The van der Waals surface area contributed by atoms with Gasteiger partial charge in [0.2, 0.25) is 11.8 Å². The lowest BCUT2D eigenvalue weighted by molar-refractivity contribution is -0.139. The Morgan fingerprint density at radius 3 is 2.27 bits per heavy atom. The maximum atomic E-state index is 13.9. The van der Waals surface area contributed by atoms with E-state index in [9.17, 15) is 22.4 Å². The summed E-state index contributed by atoms with van der Waals surface area (Å²) in [5.74, 6) is -0.357. The number of benzene rings is 3. The standard InChI is InChI=1S/C28H30FN3O7S/c1-19(28(34)30-2)31(17-20-4-10-23(37-3)11-5-20)27(33)18-32(22-8-6-21(29)7-9-22)40(35,36)24-12-13-25-26(16-24)39-15-14-38-25/h4-13,16,19H,14-15,17-18H2,1-3H3,(H,30,34)/t19-/m0/s1. The Kier molecular flexibility index (Phi) is 8.78. The number of rotatable bonds is 10. The molecule has 3 aromatic rings. The molecule has 2 amide bonds. The molecule has 0 aliphatic carbocycles. The number of fused-ring (bicyclic) bond motifs is 1. The molecule has 4 rings (SSSR count). The summed E-state index contributed by atoms with van der Waals surface area (Å²) in [6, 6.07) is 14.9. The third-order valence-corrected chi connectivity index (χ3v) is 8.19. The van der Waals surface area contributed by atoms with Gasteiger partial charge in [-0.05, 0) is 61.0 Å². The average Bonchev–Trinajstić information content (AvgIpc) is 2.98. The first-order valence-corrected chi connectivity index (χ1v) is 13.9. The number of sulfonamides is 1. The minimum Gasteiger partial charge on any atom is -0.497 e. The van der Waals surface area contributed by atoms with Crippen LogP contribution in [0.5, 0.6) is 17.2 Å². The molecule has 0 unspecified atom stereocenters. The Morgan fingerprint density at radius 2 is 1.65 bits per heavy atom. The van der Waals surface area contributed by atoms with Crippen LogP contribution in [0.15, 0.2) is 71.6 Å². The van der Waals surface area contributed by atoms with E-state index >= 15 is 0 Å². The van der Waals surface area contributed by atoms with Crippen molar-refractivity contribution in [3.63, 3.8) is 0 Å². The molecule has 0 fully saturated rings. The number of halogens is 1. The molecule has 0 bridgehead atoms. The van der Waals surface area contributed by atoms with Crippen LogP contribution < -0.4 is 23.8 Å². The van der Waals surface area contributed by atoms with Crippen LogP contribution in [-0.4, -0.2) is 65.1 Å². The third-order valence-electron chi connectivity index (χ3n) is 6.42. The van der Waals surface area contributed by atoms with E-state index in [1.54, 1.807) is 31.2 Å². The first-order valence-electron chi connectivity index (χ1n) is 12.5. The molecule has 1 aliphatic rings. The van der Waals surface area contributed by atoms with Crippen molar-refractivity contribution < 1.29 is 36.6 Å². The van der Waals surface area contributed by atoms with Gasteiger partial charge in [-0.3, -0.25) is 13.9 Å². The third kappa shape index (κ3) is 6.28. The largest absolute Gasteiger partial charge is 0.497 e. The molecule has 1 atom stereocenters. The molecule has 1 heterocycles. The summed E-state index contributed by atoms with van der Waals surface area (Å²) >= 11 is 0. The Balaban J connectivity index is 1.71. The second-order valence-corrected chi connectivity index (χ2v) is 10.8. The van der Waals surface area contributed by atoms with Crippen molar-refractivity contribution in [3.05, 3.63) is 78.1 Å². The smallest absolute Gasteiger partial charge is 0.264 e. The summed E-state index contributed by atoms with van der Waals surface area (Å²) in [6.45, 7) is 1.52. The average molecular weight is 572 g/mol. The van der Waals surface area contributed by atoms with E-state index < -0.39 is 40.2 Å². The highest BCUT2D eigenvalue weighted by Crippen LogP contribution is 2.34. The zero-order valence-corrected chi connectivity index (χ0v) is 23.1. The number of methoxy groups -OCH3 is 1. The van der Waals surface area contributed by atoms with Crippen LogP contribution >= 0.6 is 0 Å². The first kappa shape index (κ1) is 28.7. The van der Waals surface area contributed by atoms with Gasteiger partial charge in [-0.1, -0.05) is 12.1 Å². The normalized spacial score (nSPS) is 13.2. The summed E-state index contributed by atoms with van der Waals surface area (Å²) in [5, 5.41) is 2.53. The Hall–Kier alpha value is -4.32. The maximum absolute atomic E-state index is 13.9. The molecule has 1 N–H and O–H groups in total. The van der Waals surface area contributed by atoms with Crippen LogP contribution in [0.3, 0.4) is 0 Å². The van der Waals surface area contributed by atoms with E-state index in [4.69, 9.17) is 14.2 Å². The summed E-state index contributed by atoms with van der Waals surface area (Å²) in [4.78, 5) is 27.5. The topological polar surface area (TPSA) is 114 Å². The number of amides is 2. The van der Waals surface area contributed by atoms with Gasteiger partial charge in [0.05, 0.1) is 17.7 Å². The number of ether oxygens (including phenoxy) is 3. The number of carbonyl (C=O) groups is 2. The Bertz CT molecular complexity index is 1460. The van der Waals surface area contributed by atoms with E-state index in [1.165, 1.54) is 49.4 Å². The molecule has 3 aromatic carbocycles. The van der Waals surface area contributed by atoms with Gasteiger partial charge in [0.1, 0.15) is 37.4 Å². The fraction of sp³-hybridized carbons (Fsp3) is 0.286. The highest BCUT2D eigenvalue weighted by Gasteiger charge is 2.33. The number of likely N-dealkylation sites (N-methyl/N-ethyl adjacent to an activating group) is 1. The quantitative estimate of drug-likeness (QED) is 0.398. The second kappa shape index (κ2) is 12.2. The summed E-state index contributed by atoms with van der Waals surface area (Å²) in [7, 11) is -1.37. The number of anilines is 1. The SMILES string of the molecule is CNC(=O)[C@H](C)N(Cc1ccc(OC)cc1)C(=O)CN(c1ccc(F)cc1)S(=O)(=O)c1ccc2c(c1)OCCO2. The van der Waals surface area contributed by atoms with Gasteiger partial charge in [-0.2, -0.15) is 0 Å². The monoisotopic (exact) mass is 571 g/mol. The van der Waals surface area contributed by atoms with Crippen molar-refractivity contribution >= 4 is 27.5 Å². The Labute approximate surface area is 232 Å². The van der Waals surface area contributed by atoms with Gasteiger partial charge in [0, 0.05) is 19.7 Å². The molecule has 0 saturated carbocycles. The van der Waals surface area contributed by atoms with Crippen molar-refractivity contribution in [3.8, 4) is 17.2 Å². The van der Waals surface area contributed by atoms with Crippen molar-refractivity contribution in [2.45, 2.75) is 24.4 Å². The van der Waals surface area contributed by atoms with E-state index in [0.717, 1.165) is 16.4 Å². The lowest BCUT2D eigenvalue weighted by atomic mass is 10.1. The highest BCUT2D eigenvalue weighted by atomic mass is 32.2. The zero-order chi connectivity index (χ0) is 28.9. The molecule has 0 saturated heterocycles. The van der Waals surface area contributed by atoms with Gasteiger partial charge in [-0.15, -0.1) is 0 Å². The van der Waals surface area contributed by atoms with Crippen molar-refractivity contribution in [2.24, 2.45) is 0 Å². The molecule has 212 valence electrons. The lowest BCUT2D eigenvalue weighted by Gasteiger charge is -2.32. The van der Waals surface area contributed by atoms with Crippen LogP contribution in [0.1, 0.15) is 12.5 Å². The van der Waals surface area contributed by atoms with Gasteiger partial charge in [-0.25, -0.2) is 12.8 Å². The predicted molar refractivity (Wildman–Crippen MR) is 145 cm³/mol. The minimum absolute atomic E-state index is 0.0265. The highest BCUT2D eigenvalue weighted by molar-refractivity contribution is 7.92. The minimum atomic E-state index is -4.35. The molecule has 40 heavy (non-hydrogen) atoms. The number of hydrogen-bond acceptors (Lipinski definition) is 7. The van der Waals surface area contributed by atoms with Gasteiger partial charge in [0.15, 0.2) is 11.5 Å². The molecule has 0 spiro atoms.